The number of methoxy groups -OCH3 is 2. The Morgan fingerprint density at radius 2 is 1.79 bits per heavy atom. The Balaban J connectivity index is 1.72. The number of ether oxygens (including phenoxy) is 2. The van der Waals surface area contributed by atoms with Crippen LogP contribution in [0.3, 0.4) is 0 Å². The van der Waals surface area contributed by atoms with Crippen LogP contribution in [0.4, 0.5) is 11.4 Å². The second kappa shape index (κ2) is 8.47. The number of carbonyl (C=O) groups is 1. The molecule has 148 valence electrons. The van der Waals surface area contributed by atoms with E-state index in [0.29, 0.717) is 53.4 Å². The predicted octanol–water partition coefficient (Wildman–Crippen LogP) is 3.34. The lowest BCUT2D eigenvalue weighted by Crippen LogP contribution is -2.49. The zero-order chi connectivity index (χ0) is 20.3. The maximum absolute atomic E-state index is 12.8. The Kier molecular flexibility index (Phi) is 6.03. The van der Waals surface area contributed by atoms with E-state index in [1.165, 1.54) is 13.2 Å². The van der Waals surface area contributed by atoms with E-state index in [1.807, 2.05) is 4.90 Å². The topological polar surface area (TPSA) is 85.2 Å². The molecule has 2 aromatic rings. The Morgan fingerprint density at radius 1 is 1.07 bits per heavy atom. The van der Waals surface area contributed by atoms with Crippen molar-refractivity contribution in [3.63, 3.8) is 0 Å². The van der Waals surface area contributed by atoms with E-state index in [0.717, 1.165) is 0 Å². The molecule has 0 N–H and O–H groups in total. The molecule has 0 atom stereocenters. The second-order valence-corrected chi connectivity index (χ2v) is 7.09. The SMILES string of the molecule is COc1ccc(N2CCN(C(=O)c3ccc(OC)c(Br)c3)CC2)c([N+](=O)[O-])c1. The molecule has 1 aliphatic rings. The number of amides is 1. The molecule has 0 unspecified atom stereocenters. The van der Waals surface area contributed by atoms with Crippen molar-refractivity contribution in [2.24, 2.45) is 0 Å². The van der Waals surface area contributed by atoms with E-state index in [9.17, 15) is 14.9 Å². The molecule has 0 bridgehead atoms. The van der Waals surface area contributed by atoms with Crippen molar-refractivity contribution in [1.29, 1.82) is 0 Å². The number of nitro groups is 1. The monoisotopic (exact) mass is 449 g/mol. The Labute approximate surface area is 170 Å². The third kappa shape index (κ3) is 4.04. The standard InChI is InChI=1S/C19H20BrN3O5/c1-27-14-4-5-16(17(12-14)23(25)26)21-7-9-22(10-8-21)19(24)13-3-6-18(28-2)15(20)11-13/h3-6,11-12H,7-10H2,1-2H3. The molecule has 1 amide bonds. The van der Waals surface area contributed by atoms with E-state index in [2.05, 4.69) is 15.9 Å². The largest absolute Gasteiger partial charge is 0.496 e. The summed E-state index contributed by atoms with van der Waals surface area (Å²) in [5.74, 6) is 1.02. The van der Waals surface area contributed by atoms with Gasteiger partial charge < -0.3 is 19.3 Å². The van der Waals surface area contributed by atoms with Crippen LogP contribution in [0.5, 0.6) is 11.5 Å². The van der Waals surface area contributed by atoms with Gasteiger partial charge in [-0.3, -0.25) is 14.9 Å². The van der Waals surface area contributed by atoms with Crippen LogP contribution in [0.2, 0.25) is 0 Å². The van der Waals surface area contributed by atoms with E-state index >= 15 is 0 Å². The Hall–Kier alpha value is -2.81. The van der Waals surface area contributed by atoms with Crippen LogP contribution in [-0.4, -0.2) is 56.1 Å². The van der Waals surface area contributed by atoms with Crippen molar-refractivity contribution in [3.8, 4) is 11.5 Å². The third-order valence-corrected chi connectivity index (χ3v) is 5.31. The van der Waals surface area contributed by atoms with Crippen LogP contribution >= 0.6 is 15.9 Å². The fourth-order valence-corrected chi connectivity index (χ4v) is 3.72. The number of rotatable bonds is 5. The molecule has 28 heavy (non-hydrogen) atoms. The molecule has 8 nitrogen and oxygen atoms in total. The van der Waals surface area contributed by atoms with Gasteiger partial charge in [0.15, 0.2) is 0 Å². The molecular weight excluding hydrogens is 430 g/mol. The van der Waals surface area contributed by atoms with Crippen molar-refractivity contribution in [1.82, 2.24) is 4.90 Å². The van der Waals surface area contributed by atoms with E-state index in [4.69, 9.17) is 9.47 Å². The highest BCUT2D eigenvalue weighted by atomic mass is 79.9. The number of hydrogen-bond acceptors (Lipinski definition) is 6. The van der Waals surface area contributed by atoms with Gasteiger partial charge in [0.05, 0.1) is 29.7 Å². The molecule has 0 aliphatic carbocycles. The zero-order valence-electron chi connectivity index (χ0n) is 15.6. The highest BCUT2D eigenvalue weighted by Crippen LogP contribution is 2.33. The number of hydrogen-bond donors (Lipinski definition) is 0. The summed E-state index contributed by atoms with van der Waals surface area (Å²) in [6.07, 6.45) is 0. The number of nitro benzene ring substituents is 1. The molecule has 0 saturated carbocycles. The molecule has 1 heterocycles. The summed E-state index contributed by atoms with van der Waals surface area (Å²) >= 11 is 3.39. The minimum atomic E-state index is -0.412. The molecule has 0 spiro atoms. The summed E-state index contributed by atoms with van der Waals surface area (Å²) in [6.45, 7) is 1.98. The van der Waals surface area contributed by atoms with Crippen LogP contribution in [0, 0.1) is 10.1 Å². The summed E-state index contributed by atoms with van der Waals surface area (Å²) in [5.41, 5.74) is 1.10. The average Bonchev–Trinajstić information content (AvgIpc) is 2.72. The van der Waals surface area contributed by atoms with Gasteiger partial charge in [0.2, 0.25) is 0 Å². The van der Waals surface area contributed by atoms with Crippen LogP contribution in [0.1, 0.15) is 10.4 Å². The molecule has 9 heteroatoms. The van der Waals surface area contributed by atoms with Crippen LogP contribution in [0.15, 0.2) is 40.9 Å². The normalized spacial score (nSPS) is 14.0. The smallest absolute Gasteiger partial charge is 0.296 e. The first-order valence-electron chi connectivity index (χ1n) is 8.64. The second-order valence-electron chi connectivity index (χ2n) is 6.24. The molecule has 0 radical (unpaired) electrons. The van der Waals surface area contributed by atoms with E-state index in [1.54, 1.807) is 42.3 Å². The number of nitrogens with zero attached hydrogens (tertiary/aromatic N) is 3. The molecular formula is C19H20BrN3O5. The highest BCUT2D eigenvalue weighted by molar-refractivity contribution is 9.10. The van der Waals surface area contributed by atoms with Gasteiger partial charge in [-0.1, -0.05) is 0 Å². The maximum atomic E-state index is 12.8. The highest BCUT2D eigenvalue weighted by Gasteiger charge is 2.27. The first kappa shape index (κ1) is 19.9. The predicted molar refractivity (Wildman–Crippen MR) is 108 cm³/mol. The summed E-state index contributed by atoms with van der Waals surface area (Å²) in [7, 11) is 3.04. The lowest BCUT2D eigenvalue weighted by molar-refractivity contribution is -0.384. The van der Waals surface area contributed by atoms with Gasteiger partial charge in [-0.15, -0.1) is 0 Å². The number of carbonyl (C=O) groups excluding carboxylic acids is 1. The molecule has 1 fully saturated rings. The number of piperazine rings is 1. The van der Waals surface area contributed by atoms with Crippen molar-refractivity contribution in [2.75, 3.05) is 45.3 Å². The van der Waals surface area contributed by atoms with Crippen LogP contribution in [0.25, 0.3) is 0 Å². The minimum Gasteiger partial charge on any atom is -0.496 e. The van der Waals surface area contributed by atoms with E-state index < -0.39 is 4.92 Å². The number of benzene rings is 2. The van der Waals surface area contributed by atoms with Crippen molar-refractivity contribution in [2.45, 2.75) is 0 Å². The quantitative estimate of drug-likeness (QED) is 0.513. The van der Waals surface area contributed by atoms with Gasteiger partial charge in [-0.05, 0) is 46.3 Å². The average molecular weight is 450 g/mol. The van der Waals surface area contributed by atoms with Crippen molar-refractivity contribution < 1.29 is 19.2 Å². The van der Waals surface area contributed by atoms with Crippen molar-refractivity contribution in [3.05, 3.63) is 56.5 Å². The molecule has 2 aromatic carbocycles. The fraction of sp³-hybridized carbons (Fsp3) is 0.316. The van der Waals surface area contributed by atoms with Gasteiger partial charge in [-0.2, -0.15) is 0 Å². The van der Waals surface area contributed by atoms with E-state index in [-0.39, 0.29) is 11.6 Å². The van der Waals surface area contributed by atoms with Gasteiger partial charge in [0, 0.05) is 31.7 Å². The lowest BCUT2D eigenvalue weighted by atomic mass is 10.1. The molecule has 1 aliphatic heterocycles. The summed E-state index contributed by atoms with van der Waals surface area (Å²) in [6, 6.07) is 10.0. The molecule has 1 saturated heterocycles. The van der Waals surface area contributed by atoms with Crippen LogP contribution in [-0.2, 0) is 0 Å². The maximum Gasteiger partial charge on any atom is 0.296 e. The summed E-state index contributed by atoms with van der Waals surface area (Å²) in [5, 5.41) is 11.4. The van der Waals surface area contributed by atoms with Crippen LogP contribution < -0.4 is 14.4 Å². The van der Waals surface area contributed by atoms with Crippen molar-refractivity contribution >= 4 is 33.2 Å². The fourth-order valence-electron chi connectivity index (χ4n) is 3.18. The van der Waals surface area contributed by atoms with Gasteiger partial charge in [0.1, 0.15) is 17.2 Å². The van der Waals surface area contributed by atoms with Gasteiger partial charge in [0.25, 0.3) is 11.6 Å². The molecule has 0 aromatic heterocycles. The first-order valence-corrected chi connectivity index (χ1v) is 9.44. The first-order chi connectivity index (χ1) is 13.4. The Bertz CT molecular complexity index is 897. The number of halogens is 1. The Morgan fingerprint density at radius 3 is 2.36 bits per heavy atom. The summed E-state index contributed by atoms with van der Waals surface area (Å²) < 4.78 is 11.0. The van der Waals surface area contributed by atoms with Gasteiger partial charge >= 0.3 is 0 Å². The number of anilines is 1. The van der Waals surface area contributed by atoms with Gasteiger partial charge in [-0.25, -0.2) is 0 Å². The summed E-state index contributed by atoms with van der Waals surface area (Å²) in [4.78, 5) is 27.5. The zero-order valence-corrected chi connectivity index (χ0v) is 17.1. The lowest BCUT2D eigenvalue weighted by Gasteiger charge is -2.36. The third-order valence-electron chi connectivity index (χ3n) is 4.69. The molecule has 3 rings (SSSR count). The minimum absolute atomic E-state index is 0.00166.